The molecule has 1 fully saturated rings. The zero-order valence-electron chi connectivity index (χ0n) is 24.3. The fourth-order valence-electron chi connectivity index (χ4n) is 5.65. The molecule has 1 N–H and O–H groups in total. The molecule has 0 radical (unpaired) electrons. The fraction of sp³-hybridized carbons (Fsp3) is 0.235. The Kier molecular flexibility index (Phi) is 8.36. The van der Waals surface area contributed by atoms with Gasteiger partial charge in [-0.1, -0.05) is 41.4 Å². The molecule has 0 spiro atoms. The van der Waals surface area contributed by atoms with Crippen LogP contribution in [0.4, 0.5) is 18.0 Å². The summed E-state index contributed by atoms with van der Waals surface area (Å²) in [5.74, 6) is -0.451. The number of aromatic carboxylic acids is 1. The SMILES string of the molecule is COc1ccc(-c2ccc(C(=O)O)cc2C)cc1-c1ccc(Cl)cc1CN1C(=O)O[C@H](c2cc(C)cc(C(F)(F)F)c2)[C@@H]1C. The molecule has 2 atom stereocenters. The Labute approximate surface area is 257 Å². The van der Waals surface area contributed by atoms with Gasteiger partial charge in [0.15, 0.2) is 0 Å². The van der Waals surface area contributed by atoms with Crippen molar-refractivity contribution in [2.45, 2.75) is 45.6 Å². The highest BCUT2D eigenvalue weighted by atomic mass is 35.5. The Bertz CT molecular complexity index is 1770. The number of amides is 1. The van der Waals surface area contributed by atoms with Crippen molar-refractivity contribution in [1.29, 1.82) is 0 Å². The third-order valence-corrected chi connectivity index (χ3v) is 8.06. The average molecular weight is 624 g/mol. The van der Waals surface area contributed by atoms with Gasteiger partial charge < -0.3 is 14.6 Å². The number of cyclic esters (lactones) is 1. The number of hydrogen-bond donors (Lipinski definition) is 1. The molecule has 1 saturated heterocycles. The Morgan fingerprint density at radius 2 is 1.70 bits per heavy atom. The average Bonchev–Trinajstić information content (AvgIpc) is 3.24. The van der Waals surface area contributed by atoms with Crippen molar-refractivity contribution in [3.8, 4) is 28.0 Å². The standard InChI is InChI=1S/C34H29ClF3NO5/c1-18-11-23(14-25(12-18)34(36,37)38)31-20(3)39(33(42)44-31)17-24-15-26(35)7-9-28(24)29-16-21(6-10-30(29)43-4)27-8-5-22(32(40)41)13-19(27)2/h5-16,20,31H,17H2,1-4H3,(H,40,41)/t20-,31-/m0/s1. The Morgan fingerprint density at radius 1 is 0.977 bits per heavy atom. The van der Waals surface area contributed by atoms with Gasteiger partial charge in [-0.25, -0.2) is 9.59 Å². The molecule has 0 saturated carbocycles. The van der Waals surface area contributed by atoms with Crippen LogP contribution >= 0.6 is 11.6 Å². The van der Waals surface area contributed by atoms with Gasteiger partial charge in [-0.3, -0.25) is 4.90 Å². The van der Waals surface area contributed by atoms with Crippen LogP contribution in [-0.4, -0.2) is 35.2 Å². The lowest BCUT2D eigenvalue weighted by Crippen LogP contribution is -2.31. The number of carbonyl (C=O) groups excluding carboxylic acids is 1. The van der Waals surface area contributed by atoms with Crippen molar-refractivity contribution in [1.82, 2.24) is 4.90 Å². The van der Waals surface area contributed by atoms with E-state index in [9.17, 15) is 27.9 Å². The molecule has 4 aromatic rings. The van der Waals surface area contributed by atoms with E-state index in [1.165, 1.54) is 4.90 Å². The molecule has 0 bridgehead atoms. The maximum atomic E-state index is 13.5. The monoisotopic (exact) mass is 623 g/mol. The highest BCUT2D eigenvalue weighted by Crippen LogP contribution is 2.41. The lowest BCUT2D eigenvalue weighted by Gasteiger charge is -2.24. The van der Waals surface area contributed by atoms with E-state index in [1.54, 1.807) is 57.4 Å². The number of methoxy groups -OCH3 is 1. The Morgan fingerprint density at radius 3 is 2.36 bits per heavy atom. The summed E-state index contributed by atoms with van der Waals surface area (Å²) in [7, 11) is 1.54. The van der Waals surface area contributed by atoms with Crippen LogP contribution in [0.25, 0.3) is 22.3 Å². The second-order valence-corrected chi connectivity index (χ2v) is 11.3. The normalized spacial score (nSPS) is 16.6. The van der Waals surface area contributed by atoms with Crippen molar-refractivity contribution < 1.29 is 37.3 Å². The summed E-state index contributed by atoms with van der Waals surface area (Å²) >= 11 is 6.41. The highest BCUT2D eigenvalue weighted by molar-refractivity contribution is 6.30. The number of rotatable bonds is 7. The Balaban J connectivity index is 1.52. The summed E-state index contributed by atoms with van der Waals surface area (Å²) in [6.45, 7) is 5.21. The van der Waals surface area contributed by atoms with Gasteiger partial charge in [-0.2, -0.15) is 13.2 Å². The number of carboxylic acids is 1. The zero-order valence-corrected chi connectivity index (χ0v) is 25.1. The van der Waals surface area contributed by atoms with Crippen molar-refractivity contribution in [2.75, 3.05) is 7.11 Å². The van der Waals surface area contributed by atoms with Gasteiger partial charge in [0.05, 0.1) is 30.8 Å². The number of carbonyl (C=O) groups is 2. The van der Waals surface area contributed by atoms with E-state index in [4.69, 9.17) is 21.1 Å². The van der Waals surface area contributed by atoms with E-state index in [-0.39, 0.29) is 17.7 Å². The smallest absolute Gasteiger partial charge is 0.416 e. The molecule has 5 rings (SSSR count). The van der Waals surface area contributed by atoms with Crippen LogP contribution in [-0.2, 0) is 17.5 Å². The van der Waals surface area contributed by atoms with Gasteiger partial charge in [-0.05, 0) is 103 Å². The van der Waals surface area contributed by atoms with E-state index < -0.39 is 35.9 Å². The van der Waals surface area contributed by atoms with E-state index in [0.29, 0.717) is 27.5 Å². The number of aryl methyl sites for hydroxylation is 2. The number of alkyl halides is 3. The summed E-state index contributed by atoms with van der Waals surface area (Å²) in [5, 5.41) is 9.80. The maximum Gasteiger partial charge on any atom is 0.416 e. The molecule has 0 aliphatic carbocycles. The summed E-state index contributed by atoms with van der Waals surface area (Å²) in [5.41, 5.74) is 4.62. The second kappa shape index (κ2) is 11.9. The van der Waals surface area contributed by atoms with Gasteiger partial charge in [0, 0.05) is 10.6 Å². The van der Waals surface area contributed by atoms with Gasteiger partial charge in [-0.15, -0.1) is 0 Å². The molecular formula is C34H29ClF3NO5. The predicted octanol–water partition coefficient (Wildman–Crippen LogP) is 9.10. The largest absolute Gasteiger partial charge is 0.496 e. The van der Waals surface area contributed by atoms with Crippen molar-refractivity contribution in [2.24, 2.45) is 0 Å². The molecule has 10 heteroatoms. The highest BCUT2D eigenvalue weighted by Gasteiger charge is 2.41. The minimum absolute atomic E-state index is 0.0735. The summed E-state index contributed by atoms with van der Waals surface area (Å²) in [6, 6.07) is 18.9. The predicted molar refractivity (Wildman–Crippen MR) is 161 cm³/mol. The van der Waals surface area contributed by atoms with Crippen LogP contribution in [0.1, 0.15) is 51.2 Å². The second-order valence-electron chi connectivity index (χ2n) is 10.9. The summed E-state index contributed by atoms with van der Waals surface area (Å²) < 4.78 is 51.9. The first kappa shape index (κ1) is 30.9. The summed E-state index contributed by atoms with van der Waals surface area (Å²) in [6.07, 6.45) is -6.09. The number of ether oxygens (including phenoxy) is 2. The van der Waals surface area contributed by atoms with Crippen LogP contribution in [0.3, 0.4) is 0 Å². The Hall–Kier alpha value is -4.50. The third-order valence-electron chi connectivity index (χ3n) is 7.83. The lowest BCUT2D eigenvalue weighted by molar-refractivity contribution is -0.137. The van der Waals surface area contributed by atoms with Crippen molar-refractivity contribution in [3.05, 3.63) is 111 Å². The molecule has 0 unspecified atom stereocenters. The minimum Gasteiger partial charge on any atom is -0.496 e. The molecule has 6 nitrogen and oxygen atoms in total. The molecule has 228 valence electrons. The van der Waals surface area contributed by atoms with Gasteiger partial charge in [0.25, 0.3) is 0 Å². The number of carboxylic acid groups (broad SMARTS) is 1. The molecule has 4 aromatic carbocycles. The number of benzene rings is 4. The minimum atomic E-state index is -4.54. The maximum absolute atomic E-state index is 13.5. The fourth-order valence-corrected chi connectivity index (χ4v) is 5.84. The number of nitrogens with zero attached hydrogens (tertiary/aromatic N) is 1. The zero-order chi connectivity index (χ0) is 31.9. The molecule has 1 amide bonds. The molecule has 1 heterocycles. The van der Waals surface area contributed by atoms with E-state index in [1.807, 2.05) is 31.2 Å². The summed E-state index contributed by atoms with van der Waals surface area (Å²) in [4.78, 5) is 26.0. The lowest BCUT2D eigenvalue weighted by atomic mass is 9.92. The third kappa shape index (κ3) is 6.10. The van der Waals surface area contributed by atoms with E-state index >= 15 is 0 Å². The quantitative estimate of drug-likeness (QED) is 0.222. The van der Waals surface area contributed by atoms with E-state index in [0.717, 1.165) is 34.4 Å². The molecular weight excluding hydrogens is 595 g/mol. The topological polar surface area (TPSA) is 76.1 Å². The number of hydrogen-bond acceptors (Lipinski definition) is 4. The van der Waals surface area contributed by atoms with Crippen LogP contribution in [0, 0.1) is 13.8 Å². The van der Waals surface area contributed by atoms with Crippen LogP contribution in [0.15, 0.2) is 72.8 Å². The van der Waals surface area contributed by atoms with Crippen molar-refractivity contribution in [3.63, 3.8) is 0 Å². The van der Waals surface area contributed by atoms with Gasteiger partial charge >= 0.3 is 18.2 Å². The van der Waals surface area contributed by atoms with E-state index in [2.05, 4.69) is 0 Å². The first-order valence-electron chi connectivity index (χ1n) is 13.7. The van der Waals surface area contributed by atoms with Crippen molar-refractivity contribution >= 4 is 23.7 Å². The first-order chi connectivity index (χ1) is 20.8. The molecule has 1 aliphatic heterocycles. The first-order valence-corrected chi connectivity index (χ1v) is 14.1. The van der Waals surface area contributed by atoms with Crippen LogP contribution in [0.5, 0.6) is 5.75 Å². The van der Waals surface area contributed by atoms with Crippen LogP contribution < -0.4 is 4.74 Å². The molecule has 44 heavy (non-hydrogen) atoms. The van der Waals surface area contributed by atoms with Gasteiger partial charge in [0.1, 0.15) is 11.9 Å². The van der Waals surface area contributed by atoms with Gasteiger partial charge in [0.2, 0.25) is 0 Å². The molecule has 1 aliphatic rings. The molecule has 0 aromatic heterocycles. The number of halogens is 4. The van der Waals surface area contributed by atoms with Crippen LogP contribution in [0.2, 0.25) is 5.02 Å².